The van der Waals surface area contributed by atoms with Crippen molar-refractivity contribution in [3.8, 4) is 0 Å². The predicted molar refractivity (Wildman–Crippen MR) is 77.2 cm³/mol. The van der Waals surface area contributed by atoms with Gasteiger partial charge in [0.25, 0.3) is 0 Å². The van der Waals surface area contributed by atoms with Gasteiger partial charge >= 0.3 is 0 Å². The van der Waals surface area contributed by atoms with Crippen LogP contribution in [0.2, 0.25) is 5.02 Å². The lowest BCUT2D eigenvalue weighted by molar-refractivity contribution is 0.709. The van der Waals surface area contributed by atoms with E-state index in [2.05, 4.69) is 6.07 Å². The van der Waals surface area contributed by atoms with Crippen LogP contribution < -0.4 is 5.73 Å². The summed E-state index contributed by atoms with van der Waals surface area (Å²) in [5.41, 5.74) is 11.7. The summed E-state index contributed by atoms with van der Waals surface area (Å²) in [4.78, 5) is 4.77. The smallest absolute Gasteiger partial charge is 0.0741 e. The fourth-order valence-corrected chi connectivity index (χ4v) is 2.92. The number of fused-ring (bicyclic) bond motifs is 2. The van der Waals surface area contributed by atoms with E-state index in [4.69, 9.17) is 22.3 Å². The van der Waals surface area contributed by atoms with Gasteiger partial charge in [0.1, 0.15) is 0 Å². The van der Waals surface area contributed by atoms with E-state index < -0.39 is 0 Å². The van der Waals surface area contributed by atoms with Crippen molar-refractivity contribution in [3.63, 3.8) is 0 Å². The minimum absolute atomic E-state index is 0.767. The standard InChI is InChI=1S/C15H17ClN2/c1-9-7-11-14(8-12(9)16)18-13-6-4-2-3-5-10(13)15(11)17/h7-8H,2-6H2,1H3,(H2,17,18). The number of halogens is 1. The molecule has 0 fully saturated rings. The third kappa shape index (κ3) is 1.85. The number of aryl methyl sites for hydroxylation is 2. The van der Waals surface area contributed by atoms with Gasteiger partial charge in [0.2, 0.25) is 0 Å². The molecule has 3 rings (SSSR count). The van der Waals surface area contributed by atoms with Gasteiger partial charge in [-0.05, 0) is 55.9 Å². The molecular formula is C15H17ClN2. The first-order valence-corrected chi connectivity index (χ1v) is 6.91. The van der Waals surface area contributed by atoms with Crippen molar-refractivity contribution in [1.82, 2.24) is 4.98 Å². The average molecular weight is 261 g/mol. The number of benzene rings is 1. The Morgan fingerprint density at radius 3 is 2.78 bits per heavy atom. The molecule has 0 saturated heterocycles. The topological polar surface area (TPSA) is 38.9 Å². The zero-order chi connectivity index (χ0) is 12.7. The van der Waals surface area contributed by atoms with E-state index >= 15 is 0 Å². The van der Waals surface area contributed by atoms with Crippen LogP contribution >= 0.6 is 11.6 Å². The van der Waals surface area contributed by atoms with E-state index in [1.165, 1.54) is 30.5 Å². The van der Waals surface area contributed by atoms with E-state index in [0.29, 0.717) is 0 Å². The fourth-order valence-electron chi connectivity index (χ4n) is 2.77. The molecule has 0 unspecified atom stereocenters. The number of nitrogen functional groups attached to an aromatic ring is 1. The summed E-state index contributed by atoms with van der Waals surface area (Å²) in [6.45, 7) is 2.01. The molecule has 0 bridgehead atoms. The first kappa shape index (κ1) is 11.8. The minimum atomic E-state index is 0.767. The quantitative estimate of drug-likeness (QED) is 0.726. The highest BCUT2D eigenvalue weighted by Crippen LogP contribution is 2.32. The summed E-state index contributed by atoms with van der Waals surface area (Å²) < 4.78 is 0. The number of nitrogens with two attached hydrogens (primary N) is 1. The van der Waals surface area contributed by atoms with Gasteiger partial charge in [0.05, 0.1) is 5.52 Å². The van der Waals surface area contributed by atoms with Gasteiger partial charge in [-0.15, -0.1) is 0 Å². The third-order valence-electron chi connectivity index (χ3n) is 3.84. The zero-order valence-electron chi connectivity index (χ0n) is 10.6. The number of hydrogen-bond acceptors (Lipinski definition) is 2. The van der Waals surface area contributed by atoms with E-state index in [1.807, 2.05) is 13.0 Å². The first-order valence-electron chi connectivity index (χ1n) is 6.54. The fraction of sp³-hybridized carbons (Fsp3) is 0.400. The molecule has 2 nitrogen and oxygen atoms in total. The van der Waals surface area contributed by atoms with Crippen LogP contribution in [0.15, 0.2) is 12.1 Å². The number of nitrogens with zero attached hydrogens (tertiary/aromatic N) is 1. The van der Waals surface area contributed by atoms with E-state index in [-0.39, 0.29) is 0 Å². The Labute approximate surface area is 112 Å². The van der Waals surface area contributed by atoms with Crippen LogP contribution in [0.5, 0.6) is 0 Å². The molecule has 1 heterocycles. The van der Waals surface area contributed by atoms with Crippen LogP contribution in [0, 0.1) is 6.92 Å². The Hall–Kier alpha value is -1.28. The summed E-state index contributed by atoms with van der Waals surface area (Å²) in [5.74, 6) is 0. The van der Waals surface area contributed by atoms with E-state index in [0.717, 1.165) is 40.0 Å². The second kappa shape index (κ2) is 4.43. The number of pyridine rings is 1. The Balaban J connectivity index is 2.31. The molecule has 0 spiro atoms. The summed E-state index contributed by atoms with van der Waals surface area (Å²) >= 11 is 6.17. The number of aromatic nitrogens is 1. The second-order valence-electron chi connectivity index (χ2n) is 5.13. The van der Waals surface area contributed by atoms with E-state index in [1.54, 1.807) is 0 Å². The molecule has 2 N–H and O–H groups in total. The van der Waals surface area contributed by atoms with Gasteiger partial charge in [-0.3, -0.25) is 4.98 Å². The normalized spacial score (nSPS) is 15.4. The second-order valence-corrected chi connectivity index (χ2v) is 5.54. The summed E-state index contributed by atoms with van der Waals surface area (Å²) in [7, 11) is 0. The van der Waals surface area contributed by atoms with Crippen LogP contribution in [-0.2, 0) is 12.8 Å². The SMILES string of the molecule is Cc1cc2c(N)c3c(nc2cc1Cl)CCCCC3. The van der Waals surface area contributed by atoms with Gasteiger partial charge in [-0.1, -0.05) is 18.0 Å². The number of hydrogen-bond donors (Lipinski definition) is 1. The monoisotopic (exact) mass is 260 g/mol. The molecule has 0 atom stereocenters. The molecule has 0 radical (unpaired) electrons. The van der Waals surface area contributed by atoms with Crippen molar-refractivity contribution < 1.29 is 0 Å². The van der Waals surface area contributed by atoms with Gasteiger partial charge in [-0.2, -0.15) is 0 Å². The molecule has 0 amide bonds. The van der Waals surface area contributed by atoms with Crippen molar-refractivity contribution in [2.75, 3.05) is 5.73 Å². The highest BCUT2D eigenvalue weighted by Gasteiger charge is 2.16. The maximum atomic E-state index is 6.35. The van der Waals surface area contributed by atoms with Crippen molar-refractivity contribution >= 4 is 28.2 Å². The molecule has 94 valence electrons. The maximum absolute atomic E-state index is 6.35. The molecule has 1 aromatic heterocycles. The molecule has 2 aromatic rings. The summed E-state index contributed by atoms with van der Waals surface area (Å²) in [6, 6.07) is 4.00. The molecule has 1 aromatic carbocycles. The van der Waals surface area contributed by atoms with Crippen LogP contribution in [0.1, 0.15) is 36.1 Å². The Morgan fingerprint density at radius 1 is 1.17 bits per heavy atom. The van der Waals surface area contributed by atoms with Crippen molar-refractivity contribution in [1.29, 1.82) is 0 Å². The average Bonchev–Trinajstić information content (AvgIpc) is 2.58. The Bertz CT molecular complexity index is 620. The molecular weight excluding hydrogens is 244 g/mol. The summed E-state index contributed by atoms with van der Waals surface area (Å²) in [6.07, 6.45) is 5.81. The lowest BCUT2D eigenvalue weighted by atomic mass is 10.0. The molecule has 3 heteroatoms. The van der Waals surface area contributed by atoms with Crippen LogP contribution in [0.25, 0.3) is 10.9 Å². The Kier molecular flexibility index (Phi) is 2.90. The minimum Gasteiger partial charge on any atom is -0.398 e. The van der Waals surface area contributed by atoms with Crippen LogP contribution in [0.3, 0.4) is 0 Å². The van der Waals surface area contributed by atoms with Crippen molar-refractivity contribution in [3.05, 3.63) is 34.0 Å². The zero-order valence-corrected chi connectivity index (χ0v) is 11.3. The van der Waals surface area contributed by atoms with E-state index in [9.17, 15) is 0 Å². The van der Waals surface area contributed by atoms with Crippen LogP contribution in [0.4, 0.5) is 5.69 Å². The molecule has 1 aliphatic rings. The van der Waals surface area contributed by atoms with Gasteiger partial charge < -0.3 is 5.73 Å². The molecule has 0 aliphatic heterocycles. The largest absolute Gasteiger partial charge is 0.398 e. The Morgan fingerprint density at radius 2 is 1.94 bits per heavy atom. The molecule has 1 aliphatic carbocycles. The summed E-state index contributed by atoms with van der Waals surface area (Å²) in [5, 5.41) is 1.82. The third-order valence-corrected chi connectivity index (χ3v) is 4.24. The lowest BCUT2D eigenvalue weighted by Gasteiger charge is -2.13. The van der Waals surface area contributed by atoms with Crippen molar-refractivity contribution in [2.45, 2.75) is 39.0 Å². The lowest BCUT2D eigenvalue weighted by Crippen LogP contribution is -2.03. The highest BCUT2D eigenvalue weighted by atomic mass is 35.5. The highest BCUT2D eigenvalue weighted by molar-refractivity contribution is 6.32. The number of rotatable bonds is 0. The molecule has 18 heavy (non-hydrogen) atoms. The number of anilines is 1. The first-order chi connectivity index (χ1) is 8.66. The van der Waals surface area contributed by atoms with Gasteiger partial charge in [0, 0.05) is 21.8 Å². The van der Waals surface area contributed by atoms with Crippen molar-refractivity contribution in [2.24, 2.45) is 0 Å². The van der Waals surface area contributed by atoms with Gasteiger partial charge in [0.15, 0.2) is 0 Å². The van der Waals surface area contributed by atoms with Gasteiger partial charge in [-0.25, -0.2) is 0 Å². The predicted octanol–water partition coefficient (Wildman–Crippen LogP) is 4.05. The molecule has 0 saturated carbocycles. The maximum Gasteiger partial charge on any atom is 0.0741 e. The van der Waals surface area contributed by atoms with Crippen LogP contribution in [-0.4, -0.2) is 4.98 Å².